The van der Waals surface area contributed by atoms with Gasteiger partial charge in [-0.1, -0.05) is 53.5 Å². The molecule has 10 aromatic carbocycles. The number of amides is 4. The summed E-state index contributed by atoms with van der Waals surface area (Å²) in [4.78, 5) is 87.6. The Labute approximate surface area is 796 Å². The minimum atomic E-state index is -5.19. The fourth-order valence-corrected chi connectivity index (χ4v) is 21.0. The van der Waals surface area contributed by atoms with Gasteiger partial charge in [-0.2, -0.15) is 33.7 Å². The molecule has 0 aliphatic carbocycles. The summed E-state index contributed by atoms with van der Waals surface area (Å²) < 4.78 is 181. The van der Waals surface area contributed by atoms with E-state index in [0.717, 1.165) is 57.9 Å². The maximum atomic E-state index is 13.7. The number of hydrogen-bond donors (Lipinski definition) is 12. The predicted molar refractivity (Wildman–Crippen MR) is 499 cm³/mol. The van der Waals surface area contributed by atoms with Crippen molar-refractivity contribution in [3.63, 3.8) is 0 Å². The lowest BCUT2D eigenvalue weighted by Gasteiger charge is -2.38. The maximum absolute atomic E-state index is 13.7. The normalized spacial score (nSPS) is 15.3. The topological polar surface area (TPSA) is 614 Å². The van der Waals surface area contributed by atoms with Crippen molar-refractivity contribution in [2.75, 3.05) is 63.3 Å². The van der Waals surface area contributed by atoms with Crippen molar-refractivity contribution >= 4 is 133 Å². The second-order valence-corrected chi connectivity index (χ2v) is 38.9. The minimum absolute atomic E-state index is 0.0148. The van der Waals surface area contributed by atoms with Crippen molar-refractivity contribution in [3.05, 3.63) is 281 Å². The number of ether oxygens (including phenoxy) is 6. The second kappa shape index (κ2) is 36.7. The van der Waals surface area contributed by atoms with Gasteiger partial charge in [-0.15, -0.1) is 20.4 Å². The Bertz CT molecular complexity index is 7560. The first kappa shape index (κ1) is 95.0. The number of aliphatic imine (C=N–C) groups is 2. The molecular weight excluding hydrogens is 1910 g/mol. The van der Waals surface area contributed by atoms with E-state index in [1.54, 1.807) is 38.5 Å². The highest BCUT2D eigenvalue weighted by atomic mass is 35.5. The Morgan fingerprint density at radius 2 is 0.746 bits per heavy atom. The van der Waals surface area contributed by atoms with Gasteiger partial charge in [0.1, 0.15) is 35.2 Å². The number of carbonyl (C=O) groups is 6. The molecule has 40 nitrogen and oxygen atoms in total. The van der Waals surface area contributed by atoms with E-state index < -0.39 is 153 Å². The van der Waals surface area contributed by atoms with Crippen LogP contribution in [0, 0.1) is 13.8 Å². The first-order valence-corrected chi connectivity index (χ1v) is 48.9. The Morgan fingerprint density at radius 1 is 0.406 bits per heavy atom. The number of rotatable bonds is 26. The zero-order valence-corrected chi connectivity index (χ0v) is 77.8. The molecule has 0 unspecified atom stereocenters. The monoisotopic (exact) mass is 1990 g/mol. The zero-order valence-electron chi connectivity index (χ0n) is 73.0. The summed E-state index contributed by atoms with van der Waals surface area (Å²) in [6.07, 6.45) is 3.39. The van der Waals surface area contributed by atoms with Crippen molar-refractivity contribution in [2.45, 2.75) is 108 Å². The van der Waals surface area contributed by atoms with Crippen LogP contribution in [0.1, 0.15) is 184 Å². The first-order chi connectivity index (χ1) is 65.6. The van der Waals surface area contributed by atoms with E-state index in [1.807, 2.05) is 83.6 Å². The Balaban J connectivity index is 0.000000191. The van der Waals surface area contributed by atoms with E-state index in [9.17, 15) is 80.6 Å². The van der Waals surface area contributed by atoms with Crippen molar-refractivity contribution in [1.29, 1.82) is 0 Å². The number of esters is 2. The quantitative estimate of drug-likeness (QED) is 0.0104. The number of benzene rings is 10. The summed E-state index contributed by atoms with van der Waals surface area (Å²) in [7, 11) is -17.6. The number of fused-ring (bicyclic) bond motifs is 18. The molecule has 0 fully saturated rings. The standard InChI is InChI=1S/2C46H41ClN8O12S2/c1-23-53-54-43-35(52-38(24-6-9-26(47)10-7-24)29-21-27(65-2)11-17-36(29)55(23)43)22-37(56)50-18-4-3-5-19-51-44(57)25-8-12-30-28(20-25)45(58)67-46(30)31-13-15-33(48)41(68(59,60)61)39(31)66-40-32(46)14-16-34(49)42(40)69(62,63)64;1-23-53-54-43-35(52-38(24-6-9-26(47)10-7-24)29-21-27(65-2)11-17-36(29)55(23)43)22-37(56)50-18-4-3-5-19-51-44(57)25-8-12-28-32(20-25)46(67-45(28)58)30-13-15-33(48)41(68(59,60)61)39(30)66-40-31(46)14-16-34(49)42(40)69(62,63)64/h2*6-17,20-21,35H,3-5,18-19,22,48-49H2,1-2H3,(H,50,56)(H,51,57)(H,59,60,61)(H,62,63,64)/t2*35-/m00/s1. The summed E-state index contributed by atoms with van der Waals surface area (Å²) in [5.74, 6) is -2.83. The third kappa shape index (κ3) is 17.4. The fourth-order valence-electron chi connectivity index (χ4n) is 17.8. The van der Waals surface area contributed by atoms with Crippen LogP contribution in [-0.4, -0.2) is 169 Å². The highest BCUT2D eigenvalue weighted by Crippen LogP contribution is 2.62. The summed E-state index contributed by atoms with van der Waals surface area (Å²) >= 11 is 12.4. The summed E-state index contributed by atoms with van der Waals surface area (Å²) in [6.45, 7) is 4.78. The molecule has 0 saturated heterocycles. The maximum Gasteiger partial charge on any atom is 0.340 e. The number of carbonyl (C=O) groups excluding carboxylic acids is 6. The van der Waals surface area contributed by atoms with Crippen LogP contribution in [0.2, 0.25) is 10.0 Å². The molecule has 12 aromatic rings. The number of nitrogens with one attached hydrogen (secondary N) is 4. The molecule has 0 saturated carbocycles. The fraction of sp³-hybridized carbons (Fsp3) is 0.217. The molecule has 46 heteroatoms. The number of nitrogens with zero attached hydrogens (tertiary/aromatic N) is 8. The van der Waals surface area contributed by atoms with Gasteiger partial charge < -0.3 is 72.6 Å². The van der Waals surface area contributed by atoms with E-state index >= 15 is 0 Å². The van der Waals surface area contributed by atoms with Crippen LogP contribution in [-0.2, 0) is 70.7 Å². The van der Waals surface area contributed by atoms with Gasteiger partial charge in [0.25, 0.3) is 52.3 Å². The molecule has 8 heterocycles. The molecule has 712 valence electrons. The molecular formula is C92H82Cl2N16O24S4. The Morgan fingerprint density at radius 3 is 1.12 bits per heavy atom. The Kier molecular flexibility index (Phi) is 25.3. The number of aromatic nitrogens is 6. The average molecular weight is 1990 g/mol. The lowest BCUT2D eigenvalue weighted by atomic mass is 9.77. The van der Waals surface area contributed by atoms with Crippen molar-refractivity contribution in [3.8, 4) is 45.9 Å². The van der Waals surface area contributed by atoms with E-state index in [2.05, 4.69) is 41.7 Å². The van der Waals surface area contributed by atoms with Gasteiger partial charge in [0.2, 0.25) is 11.8 Å². The van der Waals surface area contributed by atoms with Gasteiger partial charge in [0, 0.05) is 103 Å². The van der Waals surface area contributed by atoms with Crippen LogP contribution in [0.5, 0.6) is 34.5 Å². The van der Waals surface area contributed by atoms with Crippen molar-refractivity contribution in [2.24, 2.45) is 9.98 Å². The van der Waals surface area contributed by atoms with Gasteiger partial charge in [-0.3, -0.25) is 56.5 Å². The number of hydrogen-bond acceptors (Lipinski definition) is 30. The van der Waals surface area contributed by atoms with Crippen LogP contribution in [0.15, 0.2) is 199 Å². The molecule has 6 aliphatic heterocycles. The highest BCUT2D eigenvalue weighted by Gasteiger charge is 2.59. The zero-order chi connectivity index (χ0) is 98.3. The van der Waals surface area contributed by atoms with Crippen LogP contribution in [0.3, 0.4) is 0 Å². The lowest BCUT2D eigenvalue weighted by Crippen LogP contribution is -2.35. The highest BCUT2D eigenvalue weighted by molar-refractivity contribution is 7.87. The molecule has 2 atom stereocenters. The first-order valence-electron chi connectivity index (χ1n) is 42.3. The molecule has 0 radical (unpaired) electrons. The third-order valence-corrected chi connectivity index (χ3v) is 28.2. The van der Waals surface area contributed by atoms with E-state index in [4.69, 9.17) is 84.5 Å². The minimum Gasteiger partial charge on any atom is -0.497 e. The predicted octanol–water partition coefficient (Wildman–Crippen LogP) is 10.9. The van der Waals surface area contributed by atoms with Gasteiger partial charge in [-0.25, -0.2) is 9.59 Å². The number of methoxy groups -OCH3 is 2. The van der Waals surface area contributed by atoms with Crippen LogP contribution in [0.4, 0.5) is 22.7 Å². The average Bonchev–Trinajstić information content (AvgIpc) is 1.56. The third-order valence-electron chi connectivity index (χ3n) is 24.0. The van der Waals surface area contributed by atoms with Gasteiger partial charge >= 0.3 is 11.9 Å². The van der Waals surface area contributed by atoms with Gasteiger partial charge in [-0.05, 0) is 192 Å². The van der Waals surface area contributed by atoms with Crippen LogP contribution >= 0.6 is 23.2 Å². The molecule has 2 aromatic heterocycles. The Hall–Kier alpha value is -14.7. The molecule has 138 heavy (non-hydrogen) atoms. The number of halogens is 2. The molecule has 18 rings (SSSR count). The van der Waals surface area contributed by atoms with E-state index in [-0.39, 0.29) is 93.4 Å². The van der Waals surface area contributed by atoms with Gasteiger partial charge in [0.15, 0.2) is 65.4 Å². The van der Waals surface area contributed by atoms with Crippen molar-refractivity contribution < 1.29 is 109 Å². The van der Waals surface area contributed by atoms with Crippen molar-refractivity contribution in [1.82, 2.24) is 50.8 Å². The summed E-state index contributed by atoms with van der Waals surface area (Å²) in [6, 6.07) is 42.0. The largest absolute Gasteiger partial charge is 0.497 e. The smallest absolute Gasteiger partial charge is 0.340 e. The molecule has 6 aliphatic rings. The summed E-state index contributed by atoms with van der Waals surface area (Å²) in [5, 5.41) is 30.2. The number of nitrogens with two attached hydrogens (primary N) is 4. The van der Waals surface area contributed by atoms with Gasteiger partial charge in [0.05, 0.1) is 83.7 Å². The van der Waals surface area contributed by atoms with Crippen LogP contribution < -0.4 is 63.1 Å². The number of unbranched alkanes of at least 4 members (excludes halogenated alkanes) is 4. The molecule has 4 amide bonds. The molecule has 0 bridgehead atoms. The van der Waals surface area contributed by atoms with E-state index in [0.29, 0.717) is 108 Å². The molecule has 16 N–H and O–H groups in total. The second-order valence-electron chi connectivity index (χ2n) is 32.6. The summed E-state index contributed by atoms with van der Waals surface area (Å²) in [5.41, 5.74) is 22.6. The number of anilines is 4. The lowest BCUT2D eigenvalue weighted by molar-refractivity contribution is -0.122. The molecule has 2 spiro atoms. The van der Waals surface area contributed by atoms with E-state index in [1.165, 1.54) is 60.7 Å². The van der Waals surface area contributed by atoms with Crippen LogP contribution in [0.25, 0.3) is 11.4 Å². The SMILES string of the molecule is COc1ccc2c(c1)C(c1ccc(Cl)cc1)=N[C@@H](CC(=O)NCCCCCNC(=O)c1ccc3c(c1)C(=O)OC31c3ccc(N)c(S(=O)(=O)O)c3Oc3c1ccc(N)c3S(=O)(=O)O)c1nnc(C)n1-2.COc1ccc2c(c1)C(c1ccc(Cl)cc1)=N[C@@H](CC(=O)NCCCCCNC(=O)c1ccc3c(c1)C1(OC3=O)c3ccc(N)c(S(=O)(=O)O)c3Oc3c1ccc(N)c3S(=O)(=O)O)c1nnc(C)n1-2. The number of nitrogen functional groups attached to an aromatic ring is 4. The number of aryl methyl sites for hydroxylation is 2.